The number of hydrogen-bond acceptors (Lipinski definition) is 6. The highest BCUT2D eigenvalue weighted by Gasteiger charge is 2.19. The molecule has 360 valence electrons. The molecule has 0 aromatic heterocycles. The average Bonchev–Trinajstić information content (AvgIpc) is 3.28. The maximum atomic E-state index is 12.8. The lowest BCUT2D eigenvalue weighted by Crippen LogP contribution is -2.30. The highest BCUT2D eigenvalue weighted by molar-refractivity contribution is 5.71. The molecule has 63 heavy (non-hydrogen) atoms. The molecule has 0 fully saturated rings. The van der Waals surface area contributed by atoms with Gasteiger partial charge in [0, 0.05) is 19.3 Å². The van der Waals surface area contributed by atoms with E-state index in [0.717, 1.165) is 70.6 Å². The molecule has 0 saturated heterocycles. The molecule has 1 unspecified atom stereocenters. The first kappa shape index (κ1) is 59.6. The molecule has 0 saturated carbocycles. The first-order valence-electron chi connectivity index (χ1n) is 26.1. The molecule has 0 amide bonds. The molecule has 0 aliphatic heterocycles. The number of esters is 3. The van der Waals surface area contributed by atoms with Gasteiger partial charge in [-0.2, -0.15) is 0 Å². The summed E-state index contributed by atoms with van der Waals surface area (Å²) in [6.07, 6.45) is 65.8. The van der Waals surface area contributed by atoms with Crippen LogP contribution in [0.25, 0.3) is 0 Å². The van der Waals surface area contributed by atoms with E-state index in [1.54, 1.807) is 0 Å². The fourth-order valence-corrected chi connectivity index (χ4v) is 7.00. The second kappa shape index (κ2) is 51.2. The van der Waals surface area contributed by atoms with Crippen molar-refractivity contribution in [3.05, 3.63) is 85.1 Å². The molecular weight excluding hydrogens is 781 g/mol. The summed E-state index contributed by atoms with van der Waals surface area (Å²) < 4.78 is 16.7. The maximum Gasteiger partial charge on any atom is 0.306 e. The summed E-state index contributed by atoms with van der Waals surface area (Å²) >= 11 is 0. The van der Waals surface area contributed by atoms with Crippen molar-refractivity contribution in [1.29, 1.82) is 0 Å². The fraction of sp³-hybridized carbons (Fsp3) is 0.702. The molecule has 0 bridgehead atoms. The van der Waals surface area contributed by atoms with Gasteiger partial charge in [0.1, 0.15) is 13.2 Å². The van der Waals surface area contributed by atoms with Gasteiger partial charge in [0.05, 0.1) is 0 Å². The summed E-state index contributed by atoms with van der Waals surface area (Å²) in [7, 11) is 0. The summed E-state index contributed by atoms with van der Waals surface area (Å²) in [4.78, 5) is 37.9. The lowest BCUT2D eigenvalue weighted by atomic mass is 10.0. The lowest BCUT2D eigenvalue weighted by Gasteiger charge is -2.18. The monoisotopic (exact) mass is 877 g/mol. The number of carbonyl (C=O) groups excluding carboxylic acids is 3. The largest absolute Gasteiger partial charge is 0.462 e. The van der Waals surface area contributed by atoms with Gasteiger partial charge in [-0.15, -0.1) is 0 Å². The van der Waals surface area contributed by atoms with Crippen LogP contribution in [-0.4, -0.2) is 37.2 Å². The van der Waals surface area contributed by atoms with Crippen LogP contribution in [0.5, 0.6) is 0 Å². The van der Waals surface area contributed by atoms with Gasteiger partial charge in [0.25, 0.3) is 0 Å². The van der Waals surface area contributed by atoms with Gasteiger partial charge >= 0.3 is 17.9 Å². The van der Waals surface area contributed by atoms with Gasteiger partial charge in [-0.1, -0.05) is 228 Å². The molecule has 0 aromatic carbocycles. The summed E-state index contributed by atoms with van der Waals surface area (Å²) in [5.74, 6) is -1.04. The minimum Gasteiger partial charge on any atom is -0.462 e. The van der Waals surface area contributed by atoms with Gasteiger partial charge in [-0.05, 0) is 77.0 Å². The van der Waals surface area contributed by atoms with Crippen LogP contribution < -0.4 is 0 Å². The quantitative estimate of drug-likeness (QED) is 0.0262. The van der Waals surface area contributed by atoms with Crippen LogP contribution in [0.2, 0.25) is 0 Å². The second-order valence-electron chi connectivity index (χ2n) is 17.1. The Morgan fingerprint density at radius 3 is 1.11 bits per heavy atom. The summed E-state index contributed by atoms with van der Waals surface area (Å²) in [6.45, 7) is 6.42. The van der Waals surface area contributed by atoms with Crippen LogP contribution in [0.1, 0.15) is 239 Å². The van der Waals surface area contributed by atoms with Crippen LogP contribution in [0.3, 0.4) is 0 Å². The molecule has 0 aliphatic rings. The van der Waals surface area contributed by atoms with E-state index >= 15 is 0 Å². The number of allylic oxidation sites excluding steroid dienone is 14. The molecule has 0 N–H and O–H groups in total. The van der Waals surface area contributed by atoms with E-state index in [1.807, 2.05) is 6.08 Å². The summed E-state index contributed by atoms with van der Waals surface area (Å²) in [5.41, 5.74) is 0. The van der Waals surface area contributed by atoms with Gasteiger partial charge in [-0.25, -0.2) is 0 Å². The van der Waals surface area contributed by atoms with Gasteiger partial charge in [0.15, 0.2) is 6.10 Å². The summed E-state index contributed by atoms with van der Waals surface area (Å²) in [6, 6.07) is 0. The maximum absolute atomic E-state index is 12.8. The number of hydrogen-bond donors (Lipinski definition) is 0. The number of carbonyl (C=O) groups is 3. The molecule has 6 nitrogen and oxygen atoms in total. The Kier molecular flexibility index (Phi) is 48.5. The van der Waals surface area contributed by atoms with E-state index in [-0.39, 0.29) is 44.0 Å². The highest BCUT2D eigenvalue weighted by atomic mass is 16.6. The van der Waals surface area contributed by atoms with Gasteiger partial charge < -0.3 is 14.2 Å². The van der Waals surface area contributed by atoms with Crippen LogP contribution in [0.15, 0.2) is 85.1 Å². The standard InChI is InChI=1S/C57H96O6/c1-4-7-10-13-16-19-22-25-27-28-30-32-35-38-41-44-47-50-56(59)62-53-54(52-61-55(58)49-46-43-40-37-34-31-24-21-18-15-12-9-6-3)63-57(60)51-48-45-42-39-36-33-29-26-23-20-17-14-11-8-5-2/h7,10,16,19,25,27,30-32,34,38,40-41,43,54H,4-6,8-9,11-15,17-18,20-24,26,28-29,33,35-37,39,42,44-53H2,1-3H3/b10-7+,19-16+,27-25+,32-30+,34-31+,41-38+,43-40+. The van der Waals surface area contributed by atoms with Gasteiger partial charge in [0.2, 0.25) is 0 Å². The molecule has 0 rings (SSSR count). The third kappa shape index (κ3) is 49.5. The van der Waals surface area contributed by atoms with Crippen molar-refractivity contribution >= 4 is 17.9 Å². The van der Waals surface area contributed by atoms with Crippen molar-refractivity contribution in [2.75, 3.05) is 13.2 Å². The Morgan fingerprint density at radius 1 is 0.333 bits per heavy atom. The van der Waals surface area contributed by atoms with E-state index < -0.39 is 6.10 Å². The second-order valence-corrected chi connectivity index (χ2v) is 17.1. The molecule has 1 atom stereocenters. The van der Waals surface area contributed by atoms with Crippen molar-refractivity contribution in [1.82, 2.24) is 0 Å². The topological polar surface area (TPSA) is 78.9 Å². The van der Waals surface area contributed by atoms with Crippen LogP contribution in [0, 0.1) is 0 Å². The zero-order valence-corrected chi connectivity index (χ0v) is 41.1. The van der Waals surface area contributed by atoms with E-state index in [0.29, 0.717) is 19.3 Å². The first-order valence-corrected chi connectivity index (χ1v) is 26.1. The van der Waals surface area contributed by atoms with Crippen LogP contribution in [-0.2, 0) is 28.6 Å². The van der Waals surface area contributed by atoms with E-state index in [1.165, 1.54) is 116 Å². The minimum atomic E-state index is -0.819. The average molecular weight is 877 g/mol. The third-order valence-electron chi connectivity index (χ3n) is 10.9. The zero-order valence-electron chi connectivity index (χ0n) is 41.1. The molecule has 0 spiro atoms. The number of rotatable bonds is 46. The van der Waals surface area contributed by atoms with Crippen LogP contribution >= 0.6 is 0 Å². The lowest BCUT2D eigenvalue weighted by molar-refractivity contribution is -0.166. The smallest absolute Gasteiger partial charge is 0.306 e. The van der Waals surface area contributed by atoms with Crippen molar-refractivity contribution < 1.29 is 28.6 Å². The normalized spacial score (nSPS) is 12.7. The molecule has 6 heteroatoms. The Bertz CT molecular complexity index is 1240. The Balaban J connectivity index is 4.52. The van der Waals surface area contributed by atoms with E-state index in [4.69, 9.17) is 14.2 Å². The zero-order chi connectivity index (χ0) is 45.8. The van der Waals surface area contributed by atoms with Crippen molar-refractivity contribution in [2.24, 2.45) is 0 Å². The van der Waals surface area contributed by atoms with Crippen molar-refractivity contribution in [3.63, 3.8) is 0 Å². The predicted octanol–water partition coefficient (Wildman–Crippen LogP) is 17.2. The molecule has 0 aromatic rings. The van der Waals surface area contributed by atoms with E-state index in [2.05, 4.69) is 99.8 Å². The van der Waals surface area contributed by atoms with Crippen molar-refractivity contribution in [3.8, 4) is 0 Å². The predicted molar refractivity (Wildman–Crippen MR) is 270 cm³/mol. The Morgan fingerprint density at radius 2 is 0.667 bits per heavy atom. The SMILES string of the molecule is CC/C=C/C/C=C/C/C=C/C/C=C/C/C=C/CCCC(=O)OCC(COC(=O)CC/C=C/C/C=C/CCCCCCCC)OC(=O)CCCCCCCCCCCCCCCCC. The highest BCUT2D eigenvalue weighted by Crippen LogP contribution is 2.15. The summed E-state index contributed by atoms with van der Waals surface area (Å²) in [5, 5.41) is 0. The molecule has 0 heterocycles. The van der Waals surface area contributed by atoms with Crippen LogP contribution in [0.4, 0.5) is 0 Å². The number of unbranched alkanes of at least 4 members (excludes halogenated alkanes) is 21. The first-order chi connectivity index (χ1) is 31.0. The fourth-order valence-electron chi connectivity index (χ4n) is 7.00. The van der Waals surface area contributed by atoms with E-state index in [9.17, 15) is 14.4 Å². The molecule has 0 radical (unpaired) electrons. The molecule has 0 aliphatic carbocycles. The third-order valence-corrected chi connectivity index (χ3v) is 10.9. The Hall–Kier alpha value is -3.41. The Labute approximate surface area is 388 Å². The van der Waals surface area contributed by atoms with Gasteiger partial charge in [-0.3, -0.25) is 14.4 Å². The van der Waals surface area contributed by atoms with Crippen molar-refractivity contribution in [2.45, 2.75) is 245 Å². The molecular formula is C57H96O6. The minimum absolute atomic E-state index is 0.122. The number of ether oxygens (including phenoxy) is 3.